The number of pyridine rings is 1. The second kappa shape index (κ2) is 5.78. The molecule has 0 bridgehead atoms. The summed E-state index contributed by atoms with van der Waals surface area (Å²) in [6, 6.07) is 4.87. The molecule has 2 aromatic rings. The molecule has 2 aromatic heterocycles. The molecule has 6 nitrogen and oxygen atoms in total. The number of aromatic nitrogens is 2. The molecule has 0 saturated heterocycles. The predicted octanol–water partition coefficient (Wildman–Crippen LogP) is 1.66. The van der Waals surface area contributed by atoms with E-state index >= 15 is 0 Å². The number of carbonyl (C=O) groups excluding carboxylic acids is 2. The first-order valence-corrected chi connectivity index (χ1v) is 6.45. The largest absolute Gasteiger partial charge is 0.454 e. The lowest BCUT2D eigenvalue weighted by Gasteiger charge is -2.06. The second-order valence-corrected chi connectivity index (χ2v) is 4.78. The van der Waals surface area contributed by atoms with Crippen molar-refractivity contribution in [1.29, 1.82) is 0 Å². The van der Waals surface area contributed by atoms with Crippen molar-refractivity contribution in [3.63, 3.8) is 0 Å². The van der Waals surface area contributed by atoms with Gasteiger partial charge in [-0.05, 0) is 32.0 Å². The third-order valence-electron chi connectivity index (χ3n) is 3.47. The zero-order valence-electron chi connectivity index (χ0n) is 12.2. The summed E-state index contributed by atoms with van der Waals surface area (Å²) in [4.78, 5) is 27.8. The summed E-state index contributed by atoms with van der Waals surface area (Å²) in [5, 5.41) is 0. The first-order valence-electron chi connectivity index (χ1n) is 6.45. The number of hydrogen-bond donors (Lipinski definition) is 1. The van der Waals surface area contributed by atoms with Crippen LogP contribution in [0.4, 0.5) is 5.82 Å². The van der Waals surface area contributed by atoms with E-state index < -0.39 is 5.97 Å². The molecule has 21 heavy (non-hydrogen) atoms. The Bertz CT molecular complexity index is 704. The maximum Gasteiger partial charge on any atom is 0.342 e. The first kappa shape index (κ1) is 14.8. The second-order valence-electron chi connectivity index (χ2n) is 4.78. The fourth-order valence-electron chi connectivity index (χ4n) is 2.01. The molecule has 0 unspecified atom stereocenters. The molecule has 0 amide bonds. The van der Waals surface area contributed by atoms with E-state index in [9.17, 15) is 9.59 Å². The highest BCUT2D eigenvalue weighted by Crippen LogP contribution is 2.15. The highest BCUT2D eigenvalue weighted by atomic mass is 16.5. The van der Waals surface area contributed by atoms with Gasteiger partial charge in [-0.2, -0.15) is 0 Å². The van der Waals surface area contributed by atoms with Crippen molar-refractivity contribution < 1.29 is 14.3 Å². The van der Waals surface area contributed by atoms with Crippen LogP contribution in [-0.2, 0) is 11.8 Å². The van der Waals surface area contributed by atoms with Gasteiger partial charge < -0.3 is 15.0 Å². The molecule has 0 aromatic carbocycles. The van der Waals surface area contributed by atoms with Gasteiger partial charge >= 0.3 is 5.97 Å². The number of esters is 1. The van der Waals surface area contributed by atoms with E-state index in [4.69, 9.17) is 10.5 Å². The van der Waals surface area contributed by atoms with Crippen LogP contribution < -0.4 is 5.73 Å². The van der Waals surface area contributed by atoms with E-state index in [1.165, 1.54) is 12.3 Å². The van der Waals surface area contributed by atoms with Crippen LogP contribution in [0.15, 0.2) is 24.4 Å². The molecule has 0 atom stereocenters. The maximum absolute atomic E-state index is 12.1. The van der Waals surface area contributed by atoms with Gasteiger partial charge in [0.15, 0.2) is 6.61 Å². The average Bonchev–Trinajstić information content (AvgIpc) is 2.72. The number of ketones is 1. The van der Waals surface area contributed by atoms with Gasteiger partial charge in [0, 0.05) is 30.2 Å². The Balaban J connectivity index is 2.06. The van der Waals surface area contributed by atoms with Gasteiger partial charge in [-0.25, -0.2) is 9.78 Å². The summed E-state index contributed by atoms with van der Waals surface area (Å²) in [7, 11) is 1.88. The standard InChI is InChI=1S/C15H17N3O3/c1-9-7-12(10(2)18(9)3)13(19)8-21-15(20)11-5-4-6-17-14(11)16/h4-7H,8H2,1-3H3,(H2,16,17). The lowest BCUT2D eigenvalue weighted by atomic mass is 10.1. The van der Waals surface area contributed by atoms with Crippen molar-refractivity contribution in [2.75, 3.05) is 12.3 Å². The van der Waals surface area contributed by atoms with Gasteiger partial charge in [0.1, 0.15) is 11.4 Å². The van der Waals surface area contributed by atoms with Crippen LogP contribution >= 0.6 is 0 Å². The number of nitrogens with two attached hydrogens (primary N) is 1. The fraction of sp³-hybridized carbons (Fsp3) is 0.267. The molecule has 0 spiro atoms. The van der Waals surface area contributed by atoms with Gasteiger partial charge in [-0.1, -0.05) is 0 Å². The van der Waals surface area contributed by atoms with Crippen molar-refractivity contribution in [2.24, 2.45) is 7.05 Å². The zero-order chi connectivity index (χ0) is 15.6. The number of ether oxygens (including phenoxy) is 1. The summed E-state index contributed by atoms with van der Waals surface area (Å²) in [5.41, 5.74) is 8.12. The number of nitrogens with zero attached hydrogens (tertiary/aromatic N) is 2. The van der Waals surface area contributed by atoms with Crippen molar-refractivity contribution in [3.05, 3.63) is 46.9 Å². The molecule has 0 saturated carbocycles. The minimum absolute atomic E-state index is 0.0849. The molecule has 2 heterocycles. The number of hydrogen-bond acceptors (Lipinski definition) is 5. The van der Waals surface area contributed by atoms with Crippen LogP contribution in [0.1, 0.15) is 32.1 Å². The van der Waals surface area contributed by atoms with Crippen LogP contribution in [0.25, 0.3) is 0 Å². The van der Waals surface area contributed by atoms with Gasteiger partial charge in [0.25, 0.3) is 0 Å². The summed E-state index contributed by atoms with van der Waals surface area (Å²) < 4.78 is 6.92. The van der Waals surface area contributed by atoms with Crippen molar-refractivity contribution in [3.8, 4) is 0 Å². The van der Waals surface area contributed by atoms with Crippen molar-refractivity contribution >= 4 is 17.6 Å². The summed E-state index contributed by atoms with van der Waals surface area (Å²) in [5.74, 6) is -0.812. The number of anilines is 1. The highest BCUT2D eigenvalue weighted by molar-refractivity contribution is 6.01. The van der Waals surface area contributed by atoms with Gasteiger partial charge in [0.05, 0.1) is 0 Å². The quantitative estimate of drug-likeness (QED) is 0.682. The van der Waals surface area contributed by atoms with E-state index in [1.807, 2.05) is 25.5 Å². The molecule has 0 radical (unpaired) electrons. The van der Waals surface area contributed by atoms with Crippen molar-refractivity contribution in [1.82, 2.24) is 9.55 Å². The monoisotopic (exact) mass is 287 g/mol. The van der Waals surface area contributed by atoms with Crippen molar-refractivity contribution in [2.45, 2.75) is 13.8 Å². The van der Waals surface area contributed by atoms with E-state index in [1.54, 1.807) is 12.1 Å². The van der Waals surface area contributed by atoms with Crippen LogP contribution in [0.5, 0.6) is 0 Å². The predicted molar refractivity (Wildman–Crippen MR) is 78.1 cm³/mol. The Morgan fingerprint density at radius 2 is 2.05 bits per heavy atom. The zero-order valence-corrected chi connectivity index (χ0v) is 12.2. The molecule has 2 rings (SSSR count). The lowest BCUT2D eigenvalue weighted by molar-refractivity contribution is 0.0475. The fourth-order valence-corrected chi connectivity index (χ4v) is 2.01. The Morgan fingerprint density at radius 1 is 1.33 bits per heavy atom. The Kier molecular flexibility index (Phi) is 4.07. The Labute approximate surface area is 122 Å². The van der Waals surface area contributed by atoms with Crippen LogP contribution in [-0.4, -0.2) is 27.9 Å². The number of rotatable bonds is 4. The molecule has 0 fully saturated rings. The van der Waals surface area contributed by atoms with E-state index in [2.05, 4.69) is 4.98 Å². The van der Waals surface area contributed by atoms with E-state index in [0.717, 1.165) is 11.4 Å². The van der Waals surface area contributed by atoms with Gasteiger partial charge in [-0.3, -0.25) is 4.79 Å². The van der Waals surface area contributed by atoms with Gasteiger partial charge in [-0.15, -0.1) is 0 Å². The molecule has 0 aliphatic rings. The smallest absolute Gasteiger partial charge is 0.342 e. The summed E-state index contributed by atoms with van der Waals surface area (Å²) in [6.45, 7) is 3.44. The minimum atomic E-state index is -0.653. The topological polar surface area (TPSA) is 87.2 Å². The van der Waals surface area contributed by atoms with Gasteiger partial charge in [0.2, 0.25) is 5.78 Å². The number of Topliss-reactive ketones (excluding diaryl/α,β-unsaturated/α-hetero) is 1. The number of aryl methyl sites for hydroxylation is 1. The average molecular weight is 287 g/mol. The normalized spacial score (nSPS) is 10.4. The molecule has 0 aliphatic heterocycles. The van der Waals surface area contributed by atoms with Crippen LogP contribution in [0.3, 0.4) is 0 Å². The first-order chi connectivity index (χ1) is 9.91. The number of nitrogen functional groups attached to an aromatic ring is 1. The summed E-state index contributed by atoms with van der Waals surface area (Å²) in [6.07, 6.45) is 1.48. The minimum Gasteiger partial charge on any atom is -0.454 e. The third-order valence-corrected chi connectivity index (χ3v) is 3.47. The Morgan fingerprint density at radius 3 is 2.62 bits per heavy atom. The maximum atomic E-state index is 12.1. The molecule has 6 heteroatoms. The molecular formula is C15H17N3O3. The van der Waals surface area contributed by atoms with E-state index in [-0.39, 0.29) is 23.8 Å². The van der Waals surface area contributed by atoms with Crippen LogP contribution in [0, 0.1) is 13.8 Å². The molecule has 110 valence electrons. The highest BCUT2D eigenvalue weighted by Gasteiger charge is 2.17. The summed E-state index contributed by atoms with van der Waals surface area (Å²) >= 11 is 0. The molecule has 2 N–H and O–H groups in total. The number of carbonyl (C=O) groups is 2. The lowest BCUT2D eigenvalue weighted by Crippen LogP contribution is -2.16. The van der Waals surface area contributed by atoms with E-state index in [0.29, 0.717) is 5.56 Å². The third kappa shape index (κ3) is 2.94. The van der Waals surface area contributed by atoms with Crippen LogP contribution in [0.2, 0.25) is 0 Å². The molecule has 0 aliphatic carbocycles. The Hall–Kier alpha value is -2.63. The molecular weight excluding hydrogens is 270 g/mol. The SMILES string of the molecule is Cc1cc(C(=O)COC(=O)c2cccnc2N)c(C)n1C.